The molecular weight excluding hydrogens is 378 g/mol. The lowest BCUT2D eigenvalue weighted by Gasteiger charge is -2.14. The number of anilines is 1. The van der Waals surface area contributed by atoms with Crippen molar-refractivity contribution in [2.45, 2.75) is 30.7 Å². The number of carbonyl (C=O) groups excluding carboxylic acids is 3. The third kappa shape index (κ3) is 5.85. The van der Waals surface area contributed by atoms with Crippen LogP contribution in [0.2, 0.25) is 0 Å². The number of pyridine rings is 1. The molecule has 2 rings (SSSR count). The Labute approximate surface area is 158 Å². The van der Waals surface area contributed by atoms with E-state index in [1.54, 1.807) is 24.3 Å². The Balaban J connectivity index is 2.01. The molecule has 142 valence electrons. The van der Waals surface area contributed by atoms with Crippen LogP contribution in [0, 0.1) is 0 Å². The van der Waals surface area contributed by atoms with Crippen molar-refractivity contribution in [2.24, 2.45) is 0 Å². The second kappa shape index (κ2) is 9.22. The van der Waals surface area contributed by atoms with E-state index in [4.69, 9.17) is 4.74 Å². The van der Waals surface area contributed by atoms with E-state index < -0.39 is 23.7 Å². The van der Waals surface area contributed by atoms with E-state index >= 15 is 0 Å². The molecule has 0 saturated carbocycles. The van der Waals surface area contributed by atoms with Gasteiger partial charge in [0.25, 0.3) is 11.7 Å². The maximum atomic E-state index is 12.6. The molecular formula is C18H16F2N2O4S. The molecule has 6 nitrogen and oxygen atoms in total. The minimum absolute atomic E-state index is 0.107. The summed E-state index contributed by atoms with van der Waals surface area (Å²) in [5.74, 6) is -4.39. The van der Waals surface area contributed by atoms with Gasteiger partial charge in [-0.15, -0.1) is 0 Å². The van der Waals surface area contributed by atoms with Crippen LogP contribution in [0.1, 0.15) is 34.6 Å². The van der Waals surface area contributed by atoms with Crippen LogP contribution >= 0.6 is 11.8 Å². The summed E-state index contributed by atoms with van der Waals surface area (Å²) in [6.45, 7) is 2.78. The monoisotopic (exact) mass is 394 g/mol. The summed E-state index contributed by atoms with van der Waals surface area (Å²) < 4.78 is 30.2. The van der Waals surface area contributed by atoms with Gasteiger partial charge in [0.1, 0.15) is 5.03 Å². The predicted molar refractivity (Wildman–Crippen MR) is 96.1 cm³/mol. The molecule has 0 aliphatic carbocycles. The van der Waals surface area contributed by atoms with Crippen LogP contribution < -0.4 is 5.32 Å². The minimum atomic E-state index is -2.75. The minimum Gasteiger partial charge on any atom is -0.449 e. The molecule has 0 bridgehead atoms. The van der Waals surface area contributed by atoms with E-state index in [0.717, 1.165) is 0 Å². The highest BCUT2D eigenvalue weighted by Crippen LogP contribution is 2.27. The van der Waals surface area contributed by atoms with Crippen LogP contribution in [0.25, 0.3) is 0 Å². The van der Waals surface area contributed by atoms with Crippen molar-refractivity contribution in [3.05, 3.63) is 53.7 Å². The maximum Gasteiger partial charge on any atom is 0.341 e. The van der Waals surface area contributed by atoms with E-state index in [1.807, 2.05) is 0 Å². The van der Waals surface area contributed by atoms with E-state index in [-0.39, 0.29) is 28.1 Å². The first kappa shape index (κ1) is 20.5. The van der Waals surface area contributed by atoms with E-state index in [0.29, 0.717) is 11.3 Å². The number of Topliss-reactive ketones (excluding diaryl/α,β-unsaturated/α-hetero) is 1. The average Bonchev–Trinajstić information content (AvgIpc) is 2.61. The number of ketones is 1. The Hall–Kier alpha value is -2.81. The van der Waals surface area contributed by atoms with Crippen molar-refractivity contribution in [2.75, 3.05) is 5.32 Å². The number of esters is 1. The number of benzene rings is 1. The van der Waals surface area contributed by atoms with Crippen molar-refractivity contribution in [3.8, 4) is 0 Å². The number of thioether (sulfide) groups is 1. The first-order chi connectivity index (χ1) is 12.8. The Morgan fingerprint density at radius 2 is 1.81 bits per heavy atom. The Bertz CT molecular complexity index is 844. The van der Waals surface area contributed by atoms with Gasteiger partial charge >= 0.3 is 5.97 Å². The summed E-state index contributed by atoms with van der Waals surface area (Å²) >= 11 is 0.122. The van der Waals surface area contributed by atoms with Crippen molar-refractivity contribution in [1.29, 1.82) is 0 Å². The summed E-state index contributed by atoms with van der Waals surface area (Å²) in [6, 6.07) is 8.90. The quantitative estimate of drug-likeness (QED) is 0.437. The summed E-state index contributed by atoms with van der Waals surface area (Å²) in [4.78, 5) is 39.3. The SMILES string of the molecule is CC(=O)c1ccc(NC(=O)[C@H](C)OC(=O)c2cccnc2SC(F)F)cc1. The van der Waals surface area contributed by atoms with Gasteiger partial charge in [-0.25, -0.2) is 9.78 Å². The molecule has 0 aliphatic heterocycles. The van der Waals surface area contributed by atoms with Gasteiger partial charge in [-0.2, -0.15) is 8.78 Å². The molecule has 0 aliphatic rings. The molecule has 1 aromatic carbocycles. The van der Waals surface area contributed by atoms with Crippen LogP contribution in [-0.2, 0) is 9.53 Å². The molecule has 1 amide bonds. The van der Waals surface area contributed by atoms with Crippen LogP contribution in [0.5, 0.6) is 0 Å². The van der Waals surface area contributed by atoms with Gasteiger partial charge in [0.15, 0.2) is 11.9 Å². The molecule has 2 aromatic rings. The van der Waals surface area contributed by atoms with Crippen LogP contribution in [0.4, 0.5) is 14.5 Å². The summed E-state index contributed by atoms with van der Waals surface area (Å²) in [6.07, 6.45) is 0.108. The number of carbonyl (C=O) groups is 3. The molecule has 1 heterocycles. The highest BCUT2D eigenvalue weighted by atomic mass is 32.2. The molecule has 0 fully saturated rings. The fourth-order valence-electron chi connectivity index (χ4n) is 2.03. The fraction of sp³-hybridized carbons (Fsp3) is 0.222. The number of alkyl halides is 2. The first-order valence-corrected chi connectivity index (χ1v) is 8.68. The highest BCUT2D eigenvalue weighted by Gasteiger charge is 2.23. The lowest BCUT2D eigenvalue weighted by atomic mass is 10.1. The number of rotatable bonds is 7. The van der Waals surface area contributed by atoms with Crippen molar-refractivity contribution >= 4 is 35.1 Å². The van der Waals surface area contributed by atoms with Crippen LogP contribution in [0.3, 0.4) is 0 Å². The zero-order chi connectivity index (χ0) is 20.0. The first-order valence-electron chi connectivity index (χ1n) is 7.80. The molecule has 0 unspecified atom stereocenters. The predicted octanol–water partition coefficient (Wildman–Crippen LogP) is 3.78. The van der Waals surface area contributed by atoms with Gasteiger partial charge in [0, 0.05) is 17.4 Å². The summed E-state index contributed by atoms with van der Waals surface area (Å²) in [7, 11) is 0. The molecule has 0 radical (unpaired) electrons. The Kier molecular flexibility index (Phi) is 7.00. The Morgan fingerprint density at radius 3 is 2.41 bits per heavy atom. The number of aromatic nitrogens is 1. The third-order valence-electron chi connectivity index (χ3n) is 3.40. The lowest BCUT2D eigenvalue weighted by molar-refractivity contribution is -0.123. The number of amides is 1. The van der Waals surface area contributed by atoms with Gasteiger partial charge in [-0.05, 0) is 62.0 Å². The molecule has 0 saturated heterocycles. The van der Waals surface area contributed by atoms with Gasteiger partial charge < -0.3 is 10.1 Å². The molecule has 9 heteroatoms. The van der Waals surface area contributed by atoms with Crippen LogP contribution in [-0.4, -0.2) is 34.5 Å². The van der Waals surface area contributed by atoms with Gasteiger partial charge in [-0.3, -0.25) is 9.59 Å². The molecule has 0 spiro atoms. The normalized spacial score (nSPS) is 11.7. The Morgan fingerprint density at radius 1 is 1.15 bits per heavy atom. The third-order valence-corrected chi connectivity index (χ3v) is 4.13. The largest absolute Gasteiger partial charge is 0.449 e. The maximum absolute atomic E-state index is 12.6. The number of ether oxygens (including phenoxy) is 1. The van der Waals surface area contributed by atoms with Gasteiger partial charge in [0.05, 0.1) is 5.56 Å². The van der Waals surface area contributed by atoms with E-state index in [2.05, 4.69) is 10.3 Å². The second-order valence-corrected chi connectivity index (χ2v) is 6.38. The van der Waals surface area contributed by atoms with E-state index in [9.17, 15) is 23.2 Å². The zero-order valence-electron chi connectivity index (χ0n) is 14.4. The second-order valence-electron chi connectivity index (χ2n) is 5.40. The molecule has 1 atom stereocenters. The van der Waals surface area contributed by atoms with Gasteiger partial charge in [0.2, 0.25) is 0 Å². The number of hydrogen-bond donors (Lipinski definition) is 1. The van der Waals surface area contributed by atoms with E-state index in [1.165, 1.54) is 32.2 Å². The van der Waals surface area contributed by atoms with Crippen molar-refractivity contribution in [3.63, 3.8) is 0 Å². The van der Waals surface area contributed by atoms with Crippen molar-refractivity contribution < 1.29 is 27.9 Å². The molecule has 1 N–H and O–H groups in total. The fourth-order valence-corrected chi connectivity index (χ4v) is 2.60. The summed E-state index contributed by atoms with van der Waals surface area (Å²) in [5.41, 5.74) is 0.768. The van der Waals surface area contributed by atoms with Gasteiger partial charge in [-0.1, -0.05) is 0 Å². The standard InChI is InChI=1S/C18H16F2N2O4S/c1-10(23)12-5-7-13(8-6-12)22-15(24)11(2)26-17(25)14-4-3-9-21-16(14)27-18(19)20/h3-9,11,18H,1-2H3,(H,22,24)/t11-/m0/s1. The zero-order valence-corrected chi connectivity index (χ0v) is 15.3. The molecule has 27 heavy (non-hydrogen) atoms. The number of hydrogen-bond acceptors (Lipinski definition) is 6. The number of halogens is 2. The smallest absolute Gasteiger partial charge is 0.341 e. The summed E-state index contributed by atoms with van der Waals surface area (Å²) in [5, 5.41) is 2.37. The molecule has 1 aromatic heterocycles. The van der Waals surface area contributed by atoms with Crippen LogP contribution in [0.15, 0.2) is 47.6 Å². The highest BCUT2D eigenvalue weighted by molar-refractivity contribution is 7.99. The number of nitrogens with one attached hydrogen (secondary N) is 1. The average molecular weight is 394 g/mol. The van der Waals surface area contributed by atoms with Crippen molar-refractivity contribution in [1.82, 2.24) is 4.98 Å². The number of nitrogens with zero attached hydrogens (tertiary/aromatic N) is 1. The topological polar surface area (TPSA) is 85.4 Å². The lowest BCUT2D eigenvalue weighted by Crippen LogP contribution is -2.30.